The summed E-state index contributed by atoms with van der Waals surface area (Å²) in [6, 6.07) is 2.68. The first-order chi connectivity index (χ1) is 10.2. The lowest BCUT2D eigenvalue weighted by Crippen LogP contribution is -2.21. The summed E-state index contributed by atoms with van der Waals surface area (Å²) >= 11 is 0. The van der Waals surface area contributed by atoms with Gasteiger partial charge in [0, 0.05) is 25.0 Å². The number of aryl methyl sites for hydroxylation is 1. The van der Waals surface area contributed by atoms with Gasteiger partial charge in [-0.3, -0.25) is 4.68 Å². The number of likely N-dealkylation sites (N-methyl/N-ethyl adjacent to an activating group) is 1. The molecule has 1 atom stereocenters. The molecule has 0 aliphatic heterocycles. The van der Waals surface area contributed by atoms with E-state index in [0.29, 0.717) is 6.04 Å². The van der Waals surface area contributed by atoms with Crippen LogP contribution in [-0.2, 0) is 6.42 Å². The Morgan fingerprint density at radius 1 is 1.19 bits per heavy atom. The van der Waals surface area contributed by atoms with Crippen molar-refractivity contribution in [3.8, 4) is 0 Å². The molecule has 0 saturated heterocycles. The van der Waals surface area contributed by atoms with Crippen molar-refractivity contribution in [1.29, 1.82) is 0 Å². The van der Waals surface area contributed by atoms with E-state index in [2.05, 4.69) is 46.1 Å². The van der Waals surface area contributed by atoms with Crippen LogP contribution >= 0.6 is 0 Å². The number of nitrogens with one attached hydrogen (secondary N) is 1. The highest BCUT2D eigenvalue weighted by atomic mass is 15.3. The fourth-order valence-electron chi connectivity index (χ4n) is 2.47. The zero-order valence-electron chi connectivity index (χ0n) is 13.4. The minimum absolute atomic E-state index is 0.0932. The lowest BCUT2D eigenvalue weighted by atomic mass is 10.1. The SMILES string of the molecule is CCC(CC)n1ccc(CC(NC)c2ncc(C)cn2)n1. The van der Waals surface area contributed by atoms with Crippen molar-refractivity contribution in [2.45, 2.75) is 52.1 Å². The van der Waals surface area contributed by atoms with Crippen LogP contribution < -0.4 is 5.32 Å². The predicted octanol–water partition coefficient (Wildman–Crippen LogP) is 2.85. The highest BCUT2D eigenvalue weighted by Gasteiger charge is 2.15. The topological polar surface area (TPSA) is 55.6 Å². The Balaban J connectivity index is 2.10. The first-order valence-electron chi connectivity index (χ1n) is 7.67. The van der Waals surface area contributed by atoms with Crippen LogP contribution in [0.3, 0.4) is 0 Å². The average Bonchev–Trinajstić information content (AvgIpc) is 2.96. The molecule has 0 aliphatic rings. The summed E-state index contributed by atoms with van der Waals surface area (Å²) in [6.45, 7) is 6.40. The Morgan fingerprint density at radius 2 is 1.86 bits per heavy atom. The quantitative estimate of drug-likeness (QED) is 0.851. The lowest BCUT2D eigenvalue weighted by molar-refractivity contribution is 0.422. The number of hydrogen-bond acceptors (Lipinski definition) is 4. The Morgan fingerprint density at radius 3 is 2.43 bits per heavy atom. The molecule has 0 fully saturated rings. The van der Waals surface area contributed by atoms with Gasteiger partial charge >= 0.3 is 0 Å². The molecule has 1 unspecified atom stereocenters. The van der Waals surface area contributed by atoms with Gasteiger partial charge in [-0.05, 0) is 38.4 Å². The zero-order valence-corrected chi connectivity index (χ0v) is 13.4. The van der Waals surface area contributed by atoms with E-state index < -0.39 is 0 Å². The van der Waals surface area contributed by atoms with Crippen LogP contribution in [0.2, 0.25) is 0 Å². The predicted molar refractivity (Wildman–Crippen MR) is 84.1 cm³/mol. The molecule has 5 heteroatoms. The largest absolute Gasteiger partial charge is 0.310 e. The van der Waals surface area contributed by atoms with E-state index in [0.717, 1.165) is 36.3 Å². The Labute approximate surface area is 126 Å². The number of aromatic nitrogens is 4. The molecule has 0 bridgehead atoms. The standard InChI is InChI=1S/C16H25N5/c1-5-14(6-2)21-8-7-13(20-21)9-15(17-4)16-18-10-12(3)11-19-16/h7-8,10-11,14-15,17H,5-6,9H2,1-4H3. The van der Waals surface area contributed by atoms with Crippen molar-refractivity contribution >= 4 is 0 Å². The molecule has 0 spiro atoms. The highest BCUT2D eigenvalue weighted by molar-refractivity contribution is 5.09. The summed E-state index contributed by atoms with van der Waals surface area (Å²) < 4.78 is 2.08. The van der Waals surface area contributed by atoms with E-state index in [1.165, 1.54) is 0 Å². The number of hydrogen-bond donors (Lipinski definition) is 1. The summed E-state index contributed by atoms with van der Waals surface area (Å²) in [5.74, 6) is 0.820. The molecule has 114 valence electrons. The minimum Gasteiger partial charge on any atom is -0.310 e. The van der Waals surface area contributed by atoms with Gasteiger partial charge in [-0.25, -0.2) is 9.97 Å². The van der Waals surface area contributed by atoms with E-state index in [1.807, 2.05) is 26.4 Å². The summed E-state index contributed by atoms with van der Waals surface area (Å²) in [5.41, 5.74) is 2.15. The molecule has 2 aromatic heterocycles. The summed E-state index contributed by atoms with van der Waals surface area (Å²) in [6.07, 6.45) is 8.80. The van der Waals surface area contributed by atoms with Crippen molar-refractivity contribution in [2.24, 2.45) is 0 Å². The van der Waals surface area contributed by atoms with Crippen LogP contribution in [0.1, 0.15) is 55.9 Å². The van der Waals surface area contributed by atoms with E-state index in [1.54, 1.807) is 0 Å². The highest BCUT2D eigenvalue weighted by Crippen LogP contribution is 2.17. The third kappa shape index (κ3) is 3.88. The van der Waals surface area contributed by atoms with E-state index in [4.69, 9.17) is 5.10 Å². The summed E-state index contributed by atoms with van der Waals surface area (Å²) in [7, 11) is 1.94. The Kier molecular flexibility index (Phi) is 5.44. The monoisotopic (exact) mass is 287 g/mol. The zero-order chi connectivity index (χ0) is 15.2. The maximum absolute atomic E-state index is 4.70. The average molecular weight is 287 g/mol. The fourth-order valence-corrected chi connectivity index (χ4v) is 2.47. The van der Waals surface area contributed by atoms with Crippen molar-refractivity contribution in [3.63, 3.8) is 0 Å². The molecule has 2 heterocycles. The maximum Gasteiger partial charge on any atom is 0.145 e. The molecule has 1 N–H and O–H groups in total. The van der Waals surface area contributed by atoms with Gasteiger partial charge < -0.3 is 5.32 Å². The molecule has 2 aromatic rings. The molecule has 0 aliphatic carbocycles. The smallest absolute Gasteiger partial charge is 0.145 e. The molecule has 0 amide bonds. The van der Waals surface area contributed by atoms with Gasteiger partial charge in [-0.2, -0.15) is 5.10 Å². The first kappa shape index (κ1) is 15.6. The fraction of sp³-hybridized carbons (Fsp3) is 0.562. The third-order valence-electron chi connectivity index (χ3n) is 3.85. The van der Waals surface area contributed by atoms with Gasteiger partial charge in [0.15, 0.2) is 0 Å². The third-order valence-corrected chi connectivity index (χ3v) is 3.85. The lowest BCUT2D eigenvalue weighted by Gasteiger charge is -2.14. The van der Waals surface area contributed by atoms with Crippen LogP contribution in [0.25, 0.3) is 0 Å². The molecule has 0 radical (unpaired) electrons. The molecule has 2 rings (SSSR count). The normalized spacial score (nSPS) is 12.8. The minimum atomic E-state index is 0.0932. The molecule has 0 aromatic carbocycles. The van der Waals surface area contributed by atoms with Crippen molar-refractivity contribution in [1.82, 2.24) is 25.1 Å². The van der Waals surface area contributed by atoms with Crippen LogP contribution in [0, 0.1) is 6.92 Å². The second-order valence-corrected chi connectivity index (χ2v) is 5.42. The molecule has 21 heavy (non-hydrogen) atoms. The molecular weight excluding hydrogens is 262 g/mol. The molecule has 0 saturated carbocycles. The Bertz CT molecular complexity index is 542. The van der Waals surface area contributed by atoms with E-state index >= 15 is 0 Å². The van der Waals surface area contributed by atoms with Crippen LogP contribution in [-0.4, -0.2) is 26.8 Å². The Hall–Kier alpha value is -1.75. The molecule has 5 nitrogen and oxygen atoms in total. The van der Waals surface area contributed by atoms with Gasteiger partial charge in [-0.1, -0.05) is 13.8 Å². The summed E-state index contributed by atoms with van der Waals surface area (Å²) in [5, 5.41) is 7.98. The molecular formula is C16H25N5. The van der Waals surface area contributed by atoms with Crippen LogP contribution in [0.15, 0.2) is 24.7 Å². The van der Waals surface area contributed by atoms with Crippen molar-refractivity contribution < 1.29 is 0 Å². The van der Waals surface area contributed by atoms with E-state index in [9.17, 15) is 0 Å². The second kappa shape index (κ2) is 7.31. The van der Waals surface area contributed by atoms with Crippen LogP contribution in [0.5, 0.6) is 0 Å². The van der Waals surface area contributed by atoms with Gasteiger partial charge in [0.1, 0.15) is 5.82 Å². The second-order valence-electron chi connectivity index (χ2n) is 5.42. The number of nitrogens with zero attached hydrogens (tertiary/aromatic N) is 4. The van der Waals surface area contributed by atoms with Crippen molar-refractivity contribution in [3.05, 3.63) is 41.7 Å². The maximum atomic E-state index is 4.70. The van der Waals surface area contributed by atoms with Crippen LogP contribution in [0.4, 0.5) is 0 Å². The van der Waals surface area contributed by atoms with E-state index in [-0.39, 0.29) is 6.04 Å². The van der Waals surface area contributed by atoms with Gasteiger partial charge in [-0.15, -0.1) is 0 Å². The number of rotatable bonds is 7. The first-order valence-corrected chi connectivity index (χ1v) is 7.67. The van der Waals surface area contributed by atoms with Gasteiger partial charge in [0.2, 0.25) is 0 Å². The van der Waals surface area contributed by atoms with Gasteiger partial charge in [0.25, 0.3) is 0 Å². The van der Waals surface area contributed by atoms with Gasteiger partial charge in [0.05, 0.1) is 17.8 Å². The van der Waals surface area contributed by atoms with Crippen molar-refractivity contribution in [2.75, 3.05) is 7.05 Å². The summed E-state index contributed by atoms with van der Waals surface area (Å²) in [4.78, 5) is 8.82.